The molecule has 3 N–H and O–H groups in total. The first-order valence-electron chi connectivity index (χ1n) is 5.59. The van der Waals surface area contributed by atoms with Crippen molar-refractivity contribution in [2.24, 2.45) is 0 Å². The normalized spacial score (nSPS) is 12.2. The number of hydrogen-bond donors (Lipinski definition) is 3. The Bertz CT molecular complexity index is 413. The van der Waals surface area contributed by atoms with Gasteiger partial charge in [0.15, 0.2) is 0 Å². The van der Waals surface area contributed by atoms with Crippen LogP contribution in [0.25, 0.3) is 0 Å². The molecule has 1 aromatic carbocycles. The van der Waals surface area contributed by atoms with E-state index in [4.69, 9.17) is 0 Å². The van der Waals surface area contributed by atoms with E-state index in [2.05, 4.69) is 10.6 Å². The van der Waals surface area contributed by atoms with Crippen LogP contribution in [0, 0.1) is 11.6 Å². The van der Waals surface area contributed by atoms with Gasteiger partial charge < -0.3 is 15.7 Å². The zero-order chi connectivity index (χ0) is 13.5. The maximum absolute atomic E-state index is 13.3. The molecule has 1 amide bonds. The summed E-state index contributed by atoms with van der Waals surface area (Å²) < 4.78 is 26.0. The Morgan fingerprint density at radius 2 is 2.11 bits per heavy atom. The third-order valence-corrected chi connectivity index (χ3v) is 2.33. The fourth-order valence-electron chi connectivity index (χ4n) is 1.45. The van der Waals surface area contributed by atoms with E-state index < -0.39 is 17.7 Å². The van der Waals surface area contributed by atoms with Crippen LogP contribution in [0.1, 0.15) is 18.6 Å². The maximum atomic E-state index is 13.3. The van der Waals surface area contributed by atoms with Crippen molar-refractivity contribution < 1.29 is 18.7 Å². The highest BCUT2D eigenvalue weighted by molar-refractivity contribution is 5.72. The van der Waals surface area contributed by atoms with Gasteiger partial charge in [0.1, 0.15) is 11.6 Å². The van der Waals surface area contributed by atoms with Crippen molar-refractivity contribution >= 4 is 5.91 Å². The average molecular weight is 258 g/mol. The quantitative estimate of drug-likeness (QED) is 0.659. The Hall–Kier alpha value is -1.53. The third kappa shape index (κ3) is 4.77. The molecule has 0 fully saturated rings. The monoisotopic (exact) mass is 258 g/mol. The minimum absolute atomic E-state index is 0.0448. The summed E-state index contributed by atoms with van der Waals surface area (Å²) in [5, 5.41) is 15.1. The van der Waals surface area contributed by atoms with Gasteiger partial charge in [0.05, 0.1) is 6.10 Å². The van der Waals surface area contributed by atoms with Crippen LogP contribution in [-0.4, -0.2) is 30.6 Å². The van der Waals surface area contributed by atoms with E-state index in [1.807, 2.05) is 0 Å². The number of carbonyl (C=O) groups is 1. The maximum Gasteiger partial charge on any atom is 0.216 e. The highest BCUT2D eigenvalue weighted by Gasteiger charge is 2.12. The summed E-state index contributed by atoms with van der Waals surface area (Å²) in [6.07, 6.45) is -1.05. The minimum Gasteiger partial charge on any atom is -0.387 e. The van der Waals surface area contributed by atoms with E-state index in [9.17, 15) is 18.7 Å². The van der Waals surface area contributed by atoms with Crippen LogP contribution >= 0.6 is 0 Å². The molecule has 1 unspecified atom stereocenters. The number of benzene rings is 1. The topological polar surface area (TPSA) is 61.4 Å². The lowest BCUT2D eigenvalue weighted by molar-refractivity contribution is -0.118. The molecular formula is C12H16F2N2O2. The Kier molecular flexibility index (Phi) is 5.67. The van der Waals surface area contributed by atoms with Gasteiger partial charge in [-0.1, -0.05) is 6.07 Å². The lowest BCUT2D eigenvalue weighted by atomic mass is 10.1. The van der Waals surface area contributed by atoms with Crippen molar-refractivity contribution in [3.8, 4) is 0 Å². The molecule has 0 aliphatic heterocycles. The molecule has 1 aromatic rings. The number of halogens is 2. The van der Waals surface area contributed by atoms with Crippen LogP contribution in [0.15, 0.2) is 18.2 Å². The van der Waals surface area contributed by atoms with Crippen molar-refractivity contribution in [2.45, 2.75) is 13.0 Å². The Labute approximate surface area is 104 Å². The van der Waals surface area contributed by atoms with Crippen LogP contribution in [0.3, 0.4) is 0 Å². The van der Waals surface area contributed by atoms with Crippen LogP contribution < -0.4 is 10.6 Å². The van der Waals surface area contributed by atoms with E-state index in [0.717, 1.165) is 12.1 Å². The summed E-state index contributed by atoms with van der Waals surface area (Å²) in [6, 6.07) is 3.04. The summed E-state index contributed by atoms with van der Waals surface area (Å²) in [6.45, 7) is 2.41. The molecule has 0 saturated carbocycles. The van der Waals surface area contributed by atoms with E-state index >= 15 is 0 Å². The van der Waals surface area contributed by atoms with Gasteiger partial charge in [-0.25, -0.2) is 8.78 Å². The lowest BCUT2D eigenvalue weighted by Gasteiger charge is -2.13. The van der Waals surface area contributed by atoms with Crippen LogP contribution in [-0.2, 0) is 4.79 Å². The second-order valence-corrected chi connectivity index (χ2v) is 3.87. The van der Waals surface area contributed by atoms with E-state index in [1.54, 1.807) is 0 Å². The number of amides is 1. The summed E-state index contributed by atoms with van der Waals surface area (Å²) in [5.74, 6) is -1.59. The van der Waals surface area contributed by atoms with Gasteiger partial charge in [0.25, 0.3) is 0 Å². The van der Waals surface area contributed by atoms with Crippen molar-refractivity contribution in [3.05, 3.63) is 35.4 Å². The van der Waals surface area contributed by atoms with Crippen LogP contribution in [0.4, 0.5) is 8.78 Å². The van der Waals surface area contributed by atoms with E-state index in [1.165, 1.54) is 13.0 Å². The van der Waals surface area contributed by atoms with Crippen molar-refractivity contribution in [3.63, 3.8) is 0 Å². The molecule has 0 spiro atoms. The molecule has 4 nitrogen and oxygen atoms in total. The highest BCUT2D eigenvalue weighted by Crippen LogP contribution is 2.17. The molecular weight excluding hydrogens is 242 g/mol. The van der Waals surface area contributed by atoms with Gasteiger partial charge >= 0.3 is 0 Å². The molecule has 100 valence electrons. The summed E-state index contributed by atoms with van der Waals surface area (Å²) in [7, 11) is 0. The zero-order valence-electron chi connectivity index (χ0n) is 10.0. The second kappa shape index (κ2) is 7.03. The molecule has 0 aromatic heterocycles. The molecule has 0 bridgehead atoms. The molecule has 0 heterocycles. The second-order valence-electron chi connectivity index (χ2n) is 3.87. The first kappa shape index (κ1) is 14.5. The SMILES string of the molecule is CC(=O)NCCNCC(O)c1ccc(F)cc1F. The molecule has 18 heavy (non-hydrogen) atoms. The average Bonchev–Trinajstić information content (AvgIpc) is 2.27. The standard InChI is InChI=1S/C12H16F2N2O2/c1-8(17)16-5-4-15-7-12(18)10-3-2-9(13)6-11(10)14/h2-3,6,12,15,18H,4-5,7H2,1H3,(H,16,17). The highest BCUT2D eigenvalue weighted by atomic mass is 19.1. The fraction of sp³-hybridized carbons (Fsp3) is 0.417. The lowest BCUT2D eigenvalue weighted by Crippen LogP contribution is -2.32. The molecule has 1 rings (SSSR count). The van der Waals surface area contributed by atoms with E-state index in [-0.39, 0.29) is 18.0 Å². The largest absolute Gasteiger partial charge is 0.387 e. The minimum atomic E-state index is -1.05. The third-order valence-electron chi connectivity index (χ3n) is 2.33. The van der Waals surface area contributed by atoms with Gasteiger partial charge in [-0.15, -0.1) is 0 Å². The molecule has 6 heteroatoms. The molecule has 0 radical (unpaired) electrons. The number of carbonyl (C=O) groups excluding carboxylic acids is 1. The van der Waals surface area contributed by atoms with E-state index in [0.29, 0.717) is 13.1 Å². The summed E-state index contributed by atoms with van der Waals surface area (Å²) >= 11 is 0. The number of hydrogen-bond acceptors (Lipinski definition) is 3. The zero-order valence-corrected chi connectivity index (χ0v) is 10.0. The van der Waals surface area contributed by atoms with Gasteiger partial charge in [-0.3, -0.25) is 4.79 Å². The summed E-state index contributed by atoms with van der Waals surface area (Å²) in [4.78, 5) is 10.6. The first-order chi connectivity index (χ1) is 8.50. The van der Waals surface area contributed by atoms with Gasteiger partial charge in [0.2, 0.25) is 5.91 Å². The Balaban J connectivity index is 2.36. The summed E-state index contributed by atoms with van der Waals surface area (Å²) in [5.41, 5.74) is 0.0448. The molecule has 0 saturated heterocycles. The number of aliphatic hydroxyl groups excluding tert-OH is 1. The smallest absolute Gasteiger partial charge is 0.216 e. The molecule has 0 aliphatic rings. The number of rotatable bonds is 6. The van der Waals surface area contributed by atoms with Crippen LogP contribution in [0.2, 0.25) is 0 Å². The number of aliphatic hydroxyl groups is 1. The van der Waals surface area contributed by atoms with Crippen molar-refractivity contribution in [1.82, 2.24) is 10.6 Å². The molecule has 1 atom stereocenters. The Morgan fingerprint density at radius 3 is 2.72 bits per heavy atom. The Morgan fingerprint density at radius 1 is 1.39 bits per heavy atom. The van der Waals surface area contributed by atoms with Crippen molar-refractivity contribution in [2.75, 3.05) is 19.6 Å². The van der Waals surface area contributed by atoms with Gasteiger partial charge in [-0.05, 0) is 6.07 Å². The predicted molar refractivity (Wildman–Crippen MR) is 62.9 cm³/mol. The molecule has 0 aliphatic carbocycles. The fourth-order valence-corrected chi connectivity index (χ4v) is 1.45. The van der Waals surface area contributed by atoms with Crippen molar-refractivity contribution in [1.29, 1.82) is 0 Å². The van der Waals surface area contributed by atoms with Gasteiger partial charge in [-0.2, -0.15) is 0 Å². The van der Waals surface area contributed by atoms with Crippen LogP contribution in [0.5, 0.6) is 0 Å². The first-order valence-corrected chi connectivity index (χ1v) is 5.59. The van der Waals surface area contributed by atoms with Gasteiger partial charge in [0, 0.05) is 38.2 Å². The number of nitrogens with one attached hydrogen (secondary N) is 2. The predicted octanol–water partition coefficient (Wildman–Crippen LogP) is 0.724.